The molecule has 3 N–H and O–H groups in total. The third-order valence-electron chi connectivity index (χ3n) is 3.37. The van der Waals surface area contributed by atoms with Crippen molar-refractivity contribution >= 4 is 11.4 Å². The Hall–Kier alpha value is -2.07. The first kappa shape index (κ1) is 14.3. The van der Waals surface area contributed by atoms with Gasteiger partial charge in [0.1, 0.15) is 11.6 Å². The van der Waals surface area contributed by atoms with Gasteiger partial charge in [-0.2, -0.15) is 0 Å². The van der Waals surface area contributed by atoms with E-state index in [2.05, 4.69) is 0 Å². The molecule has 0 saturated carbocycles. The summed E-state index contributed by atoms with van der Waals surface area (Å²) in [7, 11) is 0. The minimum absolute atomic E-state index is 0.184. The maximum absolute atomic E-state index is 13.9. The van der Waals surface area contributed by atoms with Gasteiger partial charge in [-0.05, 0) is 37.6 Å². The van der Waals surface area contributed by atoms with Crippen LogP contribution < -0.4 is 10.6 Å². The number of hydrogen-bond donors (Lipinski definition) is 2. The highest BCUT2D eigenvalue weighted by atomic mass is 19.1. The van der Waals surface area contributed by atoms with E-state index in [9.17, 15) is 9.50 Å². The van der Waals surface area contributed by atoms with Crippen LogP contribution in [0.1, 0.15) is 18.1 Å². The van der Waals surface area contributed by atoms with Gasteiger partial charge in [0.15, 0.2) is 0 Å². The summed E-state index contributed by atoms with van der Waals surface area (Å²) >= 11 is 0. The Balaban J connectivity index is 2.46. The van der Waals surface area contributed by atoms with E-state index in [4.69, 9.17) is 5.73 Å². The first-order valence-electron chi connectivity index (χ1n) is 6.62. The van der Waals surface area contributed by atoms with Gasteiger partial charge in [0, 0.05) is 36.1 Å². The number of benzene rings is 2. The van der Waals surface area contributed by atoms with Crippen LogP contribution in [0.2, 0.25) is 0 Å². The van der Waals surface area contributed by atoms with Gasteiger partial charge in [-0.15, -0.1) is 0 Å². The van der Waals surface area contributed by atoms with Crippen molar-refractivity contribution in [3.8, 4) is 5.75 Å². The first-order chi connectivity index (χ1) is 9.56. The monoisotopic (exact) mass is 274 g/mol. The van der Waals surface area contributed by atoms with Gasteiger partial charge in [-0.3, -0.25) is 0 Å². The average molecular weight is 274 g/mol. The molecular weight excluding hydrogens is 255 g/mol. The lowest BCUT2D eigenvalue weighted by Crippen LogP contribution is -2.17. The fourth-order valence-electron chi connectivity index (χ4n) is 2.25. The van der Waals surface area contributed by atoms with Crippen molar-refractivity contribution in [3.05, 3.63) is 53.3 Å². The molecule has 0 saturated heterocycles. The molecule has 0 radical (unpaired) electrons. The third-order valence-corrected chi connectivity index (χ3v) is 3.37. The van der Waals surface area contributed by atoms with E-state index in [-0.39, 0.29) is 18.1 Å². The number of anilines is 2. The predicted octanol–water partition coefficient (Wildman–Crippen LogP) is 3.46. The number of phenols is 1. The second kappa shape index (κ2) is 5.92. The van der Waals surface area contributed by atoms with Crippen molar-refractivity contribution in [3.63, 3.8) is 0 Å². The van der Waals surface area contributed by atoms with E-state index in [1.165, 1.54) is 6.07 Å². The number of phenolic OH excluding ortho intramolecular Hbond substituents is 1. The summed E-state index contributed by atoms with van der Waals surface area (Å²) in [5, 5.41) is 9.65. The van der Waals surface area contributed by atoms with Crippen molar-refractivity contribution in [2.24, 2.45) is 5.73 Å². The SMILES string of the molecule is CCN(c1ccc(CN)c(F)c1)c1cc(O)ccc1C. The van der Waals surface area contributed by atoms with Gasteiger partial charge in [-0.1, -0.05) is 12.1 Å². The molecule has 20 heavy (non-hydrogen) atoms. The second-order valence-corrected chi connectivity index (χ2v) is 4.69. The largest absolute Gasteiger partial charge is 0.508 e. The van der Waals surface area contributed by atoms with Crippen LogP contribution in [0.4, 0.5) is 15.8 Å². The molecule has 2 rings (SSSR count). The van der Waals surface area contributed by atoms with Gasteiger partial charge < -0.3 is 15.7 Å². The van der Waals surface area contributed by atoms with Crippen molar-refractivity contribution in [1.82, 2.24) is 0 Å². The zero-order valence-electron chi connectivity index (χ0n) is 11.7. The zero-order valence-corrected chi connectivity index (χ0v) is 11.7. The topological polar surface area (TPSA) is 49.5 Å². The molecular formula is C16H19FN2O. The molecule has 2 aromatic rings. The van der Waals surface area contributed by atoms with Crippen molar-refractivity contribution in [2.75, 3.05) is 11.4 Å². The number of nitrogens with two attached hydrogens (primary N) is 1. The standard InChI is InChI=1S/C16H19FN2O/c1-3-19(16-9-14(20)7-4-11(16)2)13-6-5-12(10-18)15(17)8-13/h4-9,20H,3,10,18H2,1-2H3. The molecule has 0 aromatic heterocycles. The Morgan fingerprint density at radius 2 is 1.95 bits per heavy atom. The molecule has 0 aliphatic heterocycles. The Kier molecular flexibility index (Phi) is 4.25. The smallest absolute Gasteiger partial charge is 0.129 e. The third kappa shape index (κ3) is 2.75. The zero-order chi connectivity index (χ0) is 14.7. The fraction of sp³-hybridized carbons (Fsp3) is 0.250. The van der Waals surface area contributed by atoms with E-state index in [1.807, 2.05) is 30.9 Å². The second-order valence-electron chi connectivity index (χ2n) is 4.69. The van der Waals surface area contributed by atoms with E-state index in [0.717, 1.165) is 16.9 Å². The summed E-state index contributed by atoms with van der Waals surface area (Å²) in [4.78, 5) is 1.96. The summed E-state index contributed by atoms with van der Waals surface area (Å²) in [5.41, 5.74) is 8.61. The molecule has 0 spiro atoms. The van der Waals surface area contributed by atoms with Crippen molar-refractivity contribution in [1.29, 1.82) is 0 Å². The molecule has 0 bridgehead atoms. The van der Waals surface area contributed by atoms with Crippen LogP contribution in [0.3, 0.4) is 0 Å². The van der Waals surface area contributed by atoms with Gasteiger partial charge in [0.05, 0.1) is 0 Å². The highest BCUT2D eigenvalue weighted by Gasteiger charge is 2.12. The Morgan fingerprint density at radius 3 is 2.55 bits per heavy atom. The van der Waals surface area contributed by atoms with E-state index >= 15 is 0 Å². The lowest BCUT2D eigenvalue weighted by Gasteiger charge is -2.25. The molecule has 0 aliphatic rings. The molecule has 106 valence electrons. The number of rotatable bonds is 4. The maximum Gasteiger partial charge on any atom is 0.129 e. The van der Waals surface area contributed by atoms with Crippen LogP contribution >= 0.6 is 0 Å². The van der Waals surface area contributed by atoms with Crippen LogP contribution in [-0.4, -0.2) is 11.7 Å². The molecule has 3 nitrogen and oxygen atoms in total. The molecule has 0 heterocycles. The van der Waals surface area contributed by atoms with Crippen molar-refractivity contribution in [2.45, 2.75) is 20.4 Å². The average Bonchev–Trinajstić information content (AvgIpc) is 2.44. The van der Waals surface area contributed by atoms with Crippen LogP contribution in [0, 0.1) is 12.7 Å². The molecule has 0 atom stereocenters. The van der Waals surface area contributed by atoms with Gasteiger partial charge in [0.2, 0.25) is 0 Å². The number of nitrogens with zero attached hydrogens (tertiary/aromatic N) is 1. The van der Waals surface area contributed by atoms with E-state index in [0.29, 0.717) is 12.1 Å². The Morgan fingerprint density at radius 1 is 1.20 bits per heavy atom. The lowest BCUT2D eigenvalue weighted by molar-refractivity contribution is 0.475. The van der Waals surface area contributed by atoms with E-state index < -0.39 is 0 Å². The summed E-state index contributed by atoms with van der Waals surface area (Å²) in [6, 6.07) is 10.2. The normalized spacial score (nSPS) is 10.6. The highest BCUT2D eigenvalue weighted by Crippen LogP contribution is 2.31. The maximum atomic E-state index is 13.9. The predicted molar refractivity (Wildman–Crippen MR) is 79.8 cm³/mol. The van der Waals surface area contributed by atoms with Gasteiger partial charge >= 0.3 is 0 Å². The summed E-state index contributed by atoms with van der Waals surface area (Å²) in [6.07, 6.45) is 0. The van der Waals surface area contributed by atoms with Crippen LogP contribution in [0.5, 0.6) is 5.75 Å². The summed E-state index contributed by atoms with van der Waals surface area (Å²) in [6.45, 7) is 4.80. The molecule has 0 fully saturated rings. The van der Waals surface area contributed by atoms with Crippen LogP contribution in [-0.2, 0) is 6.54 Å². The van der Waals surface area contributed by atoms with Crippen LogP contribution in [0.15, 0.2) is 36.4 Å². The van der Waals surface area contributed by atoms with E-state index in [1.54, 1.807) is 18.2 Å². The lowest BCUT2D eigenvalue weighted by atomic mass is 10.1. The quantitative estimate of drug-likeness (QED) is 0.897. The van der Waals surface area contributed by atoms with Crippen molar-refractivity contribution < 1.29 is 9.50 Å². The fourth-order valence-corrected chi connectivity index (χ4v) is 2.25. The minimum Gasteiger partial charge on any atom is -0.508 e. The minimum atomic E-state index is -0.304. The molecule has 0 aliphatic carbocycles. The first-order valence-corrected chi connectivity index (χ1v) is 6.62. The summed E-state index contributed by atoms with van der Waals surface area (Å²) in [5.74, 6) is -0.107. The highest BCUT2D eigenvalue weighted by molar-refractivity contribution is 5.68. The molecule has 0 amide bonds. The Bertz CT molecular complexity index is 613. The number of halogens is 1. The van der Waals surface area contributed by atoms with Crippen LogP contribution in [0.25, 0.3) is 0 Å². The number of aryl methyl sites for hydroxylation is 1. The Labute approximate surface area is 118 Å². The number of aromatic hydroxyl groups is 1. The van der Waals surface area contributed by atoms with Gasteiger partial charge in [0.25, 0.3) is 0 Å². The molecule has 4 heteroatoms. The van der Waals surface area contributed by atoms with Gasteiger partial charge in [-0.25, -0.2) is 4.39 Å². The molecule has 2 aromatic carbocycles. The number of hydrogen-bond acceptors (Lipinski definition) is 3. The molecule has 0 unspecified atom stereocenters. The summed E-state index contributed by atoms with van der Waals surface area (Å²) < 4.78 is 13.9.